The second kappa shape index (κ2) is 7.08. The van der Waals surface area contributed by atoms with Crippen molar-refractivity contribution in [1.82, 2.24) is 10.6 Å². The topological polar surface area (TPSA) is 44.3 Å². The molecule has 3 nitrogen and oxygen atoms in total. The van der Waals surface area contributed by atoms with Gasteiger partial charge in [-0.05, 0) is 68.1 Å². The Morgan fingerprint density at radius 3 is 1.70 bits per heavy atom. The standard InChI is InChI=1S/C24H42N2O/c1-21(2,3)18-11-16(12-19(20(18)27)22(4,5)6)15-25-17-13-23(7,8)26-24(9,10)14-17/h11-12,17,25-27H,13-15H2,1-10H3. The third-order valence-corrected chi connectivity index (χ3v) is 5.57. The highest BCUT2D eigenvalue weighted by Crippen LogP contribution is 2.40. The summed E-state index contributed by atoms with van der Waals surface area (Å²) >= 11 is 0. The fourth-order valence-corrected chi connectivity index (χ4v) is 4.67. The maximum atomic E-state index is 10.9. The summed E-state index contributed by atoms with van der Waals surface area (Å²) in [5.41, 5.74) is 3.45. The van der Waals surface area contributed by atoms with Crippen LogP contribution in [0.2, 0.25) is 0 Å². The number of hydrogen-bond donors (Lipinski definition) is 3. The highest BCUT2D eigenvalue weighted by Gasteiger charge is 2.37. The molecule has 0 aromatic heterocycles. The number of rotatable bonds is 3. The van der Waals surface area contributed by atoms with E-state index in [-0.39, 0.29) is 21.9 Å². The Morgan fingerprint density at radius 1 is 0.926 bits per heavy atom. The summed E-state index contributed by atoms with van der Waals surface area (Å²) in [6.45, 7) is 23.0. The Labute approximate surface area is 167 Å². The third kappa shape index (κ3) is 5.71. The van der Waals surface area contributed by atoms with Gasteiger partial charge in [-0.2, -0.15) is 0 Å². The summed E-state index contributed by atoms with van der Waals surface area (Å²) in [6, 6.07) is 4.87. The Kier molecular flexibility index (Phi) is 5.83. The third-order valence-electron chi connectivity index (χ3n) is 5.57. The molecule has 0 radical (unpaired) electrons. The zero-order chi connectivity index (χ0) is 20.8. The van der Waals surface area contributed by atoms with E-state index in [4.69, 9.17) is 0 Å². The van der Waals surface area contributed by atoms with Crippen molar-refractivity contribution in [3.63, 3.8) is 0 Å². The van der Waals surface area contributed by atoms with Crippen molar-refractivity contribution in [2.24, 2.45) is 0 Å². The molecule has 0 unspecified atom stereocenters. The molecule has 0 bridgehead atoms. The quantitative estimate of drug-likeness (QED) is 0.665. The molecular weight excluding hydrogens is 332 g/mol. The summed E-state index contributed by atoms with van der Waals surface area (Å²) in [4.78, 5) is 0. The molecule has 0 spiro atoms. The van der Waals surface area contributed by atoms with E-state index < -0.39 is 0 Å². The molecule has 1 saturated heterocycles. The first-order valence-electron chi connectivity index (χ1n) is 10.4. The zero-order valence-corrected chi connectivity index (χ0v) is 19.3. The fourth-order valence-electron chi connectivity index (χ4n) is 4.67. The van der Waals surface area contributed by atoms with E-state index in [9.17, 15) is 5.11 Å². The van der Waals surface area contributed by atoms with E-state index >= 15 is 0 Å². The Morgan fingerprint density at radius 2 is 1.33 bits per heavy atom. The van der Waals surface area contributed by atoms with Crippen molar-refractivity contribution in [2.45, 2.75) is 117 Å². The van der Waals surface area contributed by atoms with Crippen LogP contribution >= 0.6 is 0 Å². The van der Waals surface area contributed by atoms with Gasteiger partial charge < -0.3 is 15.7 Å². The first-order chi connectivity index (χ1) is 12.0. The summed E-state index contributed by atoms with van der Waals surface area (Å²) in [5, 5.41) is 18.5. The summed E-state index contributed by atoms with van der Waals surface area (Å²) < 4.78 is 0. The van der Waals surface area contributed by atoms with Crippen molar-refractivity contribution < 1.29 is 5.11 Å². The summed E-state index contributed by atoms with van der Waals surface area (Å²) in [6.07, 6.45) is 2.24. The molecule has 1 heterocycles. The van der Waals surface area contributed by atoms with Crippen molar-refractivity contribution in [2.75, 3.05) is 0 Å². The minimum Gasteiger partial charge on any atom is -0.507 e. The lowest BCUT2D eigenvalue weighted by Gasteiger charge is -2.46. The number of piperidine rings is 1. The van der Waals surface area contributed by atoms with Crippen LogP contribution in [0.15, 0.2) is 12.1 Å². The van der Waals surface area contributed by atoms with Gasteiger partial charge in [0.1, 0.15) is 5.75 Å². The molecule has 154 valence electrons. The summed E-state index contributed by atoms with van der Waals surface area (Å²) in [7, 11) is 0. The normalized spacial score (nSPS) is 20.7. The van der Waals surface area contributed by atoms with Crippen LogP contribution in [-0.4, -0.2) is 22.2 Å². The lowest BCUT2D eigenvalue weighted by Crippen LogP contribution is -2.61. The van der Waals surface area contributed by atoms with Crippen molar-refractivity contribution >= 4 is 0 Å². The van der Waals surface area contributed by atoms with Gasteiger partial charge in [0, 0.05) is 23.7 Å². The van der Waals surface area contributed by atoms with E-state index in [2.05, 4.69) is 92.0 Å². The fraction of sp³-hybridized carbons (Fsp3) is 0.750. The van der Waals surface area contributed by atoms with Crippen molar-refractivity contribution in [3.8, 4) is 5.75 Å². The molecular formula is C24H42N2O. The molecule has 0 amide bonds. The lowest BCUT2D eigenvalue weighted by molar-refractivity contribution is 0.145. The van der Waals surface area contributed by atoms with Gasteiger partial charge in [-0.15, -0.1) is 0 Å². The molecule has 2 rings (SSSR count). The number of phenolic OH excluding ortho intramolecular Hbond substituents is 1. The minimum absolute atomic E-state index is 0.0845. The molecule has 1 aromatic carbocycles. The van der Waals surface area contributed by atoms with Gasteiger partial charge in [-0.1, -0.05) is 53.7 Å². The van der Waals surface area contributed by atoms with E-state index in [1.807, 2.05) is 0 Å². The van der Waals surface area contributed by atoms with Crippen LogP contribution in [0.25, 0.3) is 0 Å². The lowest BCUT2D eigenvalue weighted by atomic mass is 9.78. The van der Waals surface area contributed by atoms with E-state index in [1.165, 1.54) is 5.56 Å². The van der Waals surface area contributed by atoms with E-state index in [0.29, 0.717) is 11.8 Å². The van der Waals surface area contributed by atoms with Gasteiger partial charge in [-0.3, -0.25) is 0 Å². The number of phenols is 1. The molecule has 3 heteroatoms. The van der Waals surface area contributed by atoms with Crippen LogP contribution in [-0.2, 0) is 17.4 Å². The van der Waals surface area contributed by atoms with Crippen LogP contribution in [0.3, 0.4) is 0 Å². The van der Waals surface area contributed by atoms with E-state index in [0.717, 1.165) is 30.5 Å². The van der Waals surface area contributed by atoms with Crippen LogP contribution in [0.4, 0.5) is 0 Å². The molecule has 1 fully saturated rings. The van der Waals surface area contributed by atoms with Gasteiger partial charge in [-0.25, -0.2) is 0 Å². The Bertz CT molecular complexity index is 624. The molecule has 3 N–H and O–H groups in total. The largest absolute Gasteiger partial charge is 0.507 e. The minimum atomic E-state index is -0.0845. The number of hydrogen-bond acceptors (Lipinski definition) is 3. The van der Waals surface area contributed by atoms with Crippen LogP contribution in [0, 0.1) is 0 Å². The van der Waals surface area contributed by atoms with Gasteiger partial charge in [0.05, 0.1) is 0 Å². The average molecular weight is 375 g/mol. The first-order valence-corrected chi connectivity index (χ1v) is 10.4. The van der Waals surface area contributed by atoms with Gasteiger partial charge >= 0.3 is 0 Å². The maximum Gasteiger partial charge on any atom is 0.123 e. The molecule has 1 aliphatic heterocycles. The predicted octanol–water partition coefficient (Wildman–Crippen LogP) is 5.39. The number of benzene rings is 1. The van der Waals surface area contributed by atoms with Gasteiger partial charge in [0.15, 0.2) is 0 Å². The van der Waals surface area contributed by atoms with Crippen LogP contribution in [0.5, 0.6) is 5.75 Å². The second-order valence-corrected chi connectivity index (χ2v) is 11.9. The van der Waals surface area contributed by atoms with Crippen LogP contribution < -0.4 is 10.6 Å². The second-order valence-electron chi connectivity index (χ2n) is 11.9. The highest BCUT2D eigenvalue weighted by molar-refractivity contribution is 5.49. The molecule has 27 heavy (non-hydrogen) atoms. The first kappa shape index (κ1) is 22.2. The SMILES string of the molecule is CC1(C)CC(NCc2cc(C(C)(C)C)c(O)c(C(C)(C)C)c2)CC(C)(C)N1. The van der Waals surface area contributed by atoms with Crippen molar-refractivity contribution in [3.05, 3.63) is 28.8 Å². The summed E-state index contributed by atoms with van der Waals surface area (Å²) in [5.74, 6) is 0.461. The molecule has 0 saturated carbocycles. The van der Waals surface area contributed by atoms with Gasteiger partial charge in [0.25, 0.3) is 0 Å². The van der Waals surface area contributed by atoms with Crippen LogP contribution in [0.1, 0.15) is 98.8 Å². The zero-order valence-electron chi connectivity index (χ0n) is 19.3. The average Bonchev–Trinajstić information content (AvgIpc) is 2.40. The maximum absolute atomic E-state index is 10.9. The molecule has 0 aliphatic carbocycles. The van der Waals surface area contributed by atoms with Gasteiger partial charge in [0.2, 0.25) is 0 Å². The molecule has 0 atom stereocenters. The monoisotopic (exact) mass is 374 g/mol. The molecule has 1 aromatic rings. The highest BCUT2D eigenvalue weighted by atomic mass is 16.3. The Balaban J connectivity index is 2.28. The Hall–Kier alpha value is -1.06. The smallest absolute Gasteiger partial charge is 0.123 e. The molecule has 1 aliphatic rings. The predicted molar refractivity (Wildman–Crippen MR) is 117 cm³/mol. The van der Waals surface area contributed by atoms with Crippen molar-refractivity contribution in [1.29, 1.82) is 0 Å². The number of nitrogens with one attached hydrogen (secondary N) is 2. The number of aromatic hydroxyl groups is 1. The van der Waals surface area contributed by atoms with E-state index in [1.54, 1.807) is 0 Å².